The predicted octanol–water partition coefficient (Wildman–Crippen LogP) is 3.86. The predicted molar refractivity (Wildman–Crippen MR) is 112 cm³/mol. The number of fused-ring (bicyclic) bond motifs is 1. The second kappa shape index (κ2) is 8.66. The van der Waals surface area contributed by atoms with Gasteiger partial charge in [-0.25, -0.2) is 4.39 Å². The molecule has 3 aromatic carbocycles. The Bertz CT molecular complexity index is 1220. The van der Waals surface area contributed by atoms with Gasteiger partial charge in [-0.1, -0.05) is 35.5 Å². The van der Waals surface area contributed by atoms with Gasteiger partial charge in [0.15, 0.2) is 11.9 Å². The second-order valence-corrected chi connectivity index (χ2v) is 6.77. The van der Waals surface area contributed by atoms with Crippen molar-refractivity contribution < 1.29 is 23.2 Å². The number of benzene rings is 3. The highest BCUT2D eigenvalue weighted by atomic mass is 19.1. The van der Waals surface area contributed by atoms with Gasteiger partial charge >= 0.3 is 0 Å². The van der Waals surface area contributed by atoms with Crippen molar-refractivity contribution in [3.05, 3.63) is 84.2 Å². The molecule has 8 heteroatoms. The summed E-state index contributed by atoms with van der Waals surface area (Å²) in [6.45, 7) is 1.51. The van der Waals surface area contributed by atoms with Crippen LogP contribution in [0.3, 0.4) is 0 Å². The molecule has 4 aromatic rings. The molecular formula is C23H18FN3O4. The Labute approximate surface area is 176 Å². The zero-order chi connectivity index (χ0) is 21.8. The lowest BCUT2D eigenvalue weighted by molar-refractivity contribution is -0.128. The van der Waals surface area contributed by atoms with E-state index >= 15 is 0 Å². The van der Waals surface area contributed by atoms with E-state index in [9.17, 15) is 14.0 Å². The molecule has 1 unspecified atom stereocenters. The van der Waals surface area contributed by atoms with Gasteiger partial charge in [0.1, 0.15) is 17.1 Å². The summed E-state index contributed by atoms with van der Waals surface area (Å²) < 4.78 is 23.8. The van der Waals surface area contributed by atoms with Crippen molar-refractivity contribution in [1.82, 2.24) is 16.0 Å². The highest BCUT2D eigenvalue weighted by Gasteiger charge is 2.17. The molecule has 4 rings (SSSR count). The number of nitrogens with zero attached hydrogens (tertiary/aromatic N) is 1. The normalized spacial score (nSPS) is 11.7. The summed E-state index contributed by atoms with van der Waals surface area (Å²) in [6.07, 6.45) is -0.906. The number of halogens is 1. The van der Waals surface area contributed by atoms with Gasteiger partial charge in [0, 0.05) is 11.1 Å². The molecule has 7 nitrogen and oxygen atoms in total. The minimum Gasteiger partial charge on any atom is -0.481 e. The Morgan fingerprint density at radius 2 is 1.74 bits per heavy atom. The summed E-state index contributed by atoms with van der Waals surface area (Å²) in [5.74, 6) is -0.590. The van der Waals surface area contributed by atoms with Crippen LogP contribution in [0.1, 0.15) is 17.3 Å². The maximum absolute atomic E-state index is 13.0. The Hall–Kier alpha value is -4.20. The van der Waals surface area contributed by atoms with Crippen LogP contribution in [0.2, 0.25) is 0 Å². The van der Waals surface area contributed by atoms with E-state index in [0.717, 1.165) is 5.56 Å². The summed E-state index contributed by atoms with van der Waals surface area (Å²) in [4.78, 5) is 24.7. The van der Waals surface area contributed by atoms with Crippen molar-refractivity contribution in [3.8, 4) is 17.1 Å². The lowest BCUT2D eigenvalue weighted by Crippen LogP contribution is -2.47. The van der Waals surface area contributed by atoms with E-state index in [0.29, 0.717) is 28.0 Å². The number of hydrogen-bond acceptors (Lipinski definition) is 5. The summed E-state index contributed by atoms with van der Waals surface area (Å²) in [5.41, 5.74) is 6.45. The van der Waals surface area contributed by atoms with Crippen LogP contribution in [-0.4, -0.2) is 23.1 Å². The van der Waals surface area contributed by atoms with Crippen molar-refractivity contribution in [2.45, 2.75) is 13.0 Å². The highest BCUT2D eigenvalue weighted by Crippen LogP contribution is 2.29. The molecule has 0 radical (unpaired) electrons. The van der Waals surface area contributed by atoms with Crippen LogP contribution in [-0.2, 0) is 4.79 Å². The standard InChI is InChI=1S/C23H18FN3O4/c1-14(30-18-10-8-17(24)9-11-18)22(28)25-26-23(29)16-7-12-20-19(13-16)21(31-27-20)15-5-3-2-4-6-15/h2-14H,1H3,(H,25,28)(H,26,29). The maximum atomic E-state index is 13.0. The van der Waals surface area contributed by atoms with Crippen LogP contribution < -0.4 is 15.6 Å². The number of amides is 2. The molecule has 0 aliphatic rings. The Morgan fingerprint density at radius 3 is 2.48 bits per heavy atom. The topological polar surface area (TPSA) is 93.5 Å². The van der Waals surface area contributed by atoms with Crippen LogP contribution in [0, 0.1) is 5.82 Å². The van der Waals surface area contributed by atoms with Crippen LogP contribution >= 0.6 is 0 Å². The van der Waals surface area contributed by atoms with Crippen molar-refractivity contribution >= 4 is 22.7 Å². The molecule has 0 bridgehead atoms. The monoisotopic (exact) mass is 419 g/mol. The third-order valence-corrected chi connectivity index (χ3v) is 4.57. The van der Waals surface area contributed by atoms with Crippen LogP contribution in [0.5, 0.6) is 5.75 Å². The number of hydrazine groups is 1. The first-order valence-electron chi connectivity index (χ1n) is 9.48. The number of carbonyl (C=O) groups is 2. The van der Waals surface area contributed by atoms with E-state index < -0.39 is 23.7 Å². The van der Waals surface area contributed by atoms with Gasteiger partial charge in [0.25, 0.3) is 11.8 Å². The van der Waals surface area contributed by atoms with Crippen molar-refractivity contribution in [1.29, 1.82) is 0 Å². The third kappa shape index (κ3) is 4.53. The SMILES string of the molecule is CC(Oc1ccc(F)cc1)C(=O)NNC(=O)c1ccc2noc(-c3ccccc3)c2c1. The van der Waals surface area contributed by atoms with E-state index in [1.165, 1.54) is 31.2 Å². The molecule has 0 spiro atoms. The number of hydrogen-bond donors (Lipinski definition) is 2. The Balaban J connectivity index is 1.42. The van der Waals surface area contributed by atoms with Gasteiger partial charge < -0.3 is 9.26 Å². The first-order valence-corrected chi connectivity index (χ1v) is 9.48. The van der Waals surface area contributed by atoms with Crippen molar-refractivity contribution in [2.75, 3.05) is 0 Å². The molecule has 0 aliphatic carbocycles. The van der Waals surface area contributed by atoms with Gasteiger partial charge in [-0.3, -0.25) is 20.4 Å². The average molecular weight is 419 g/mol. The molecule has 0 saturated heterocycles. The molecular weight excluding hydrogens is 401 g/mol. The van der Waals surface area contributed by atoms with Gasteiger partial charge in [0.2, 0.25) is 0 Å². The summed E-state index contributed by atoms with van der Waals surface area (Å²) in [6, 6.07) is 19.6. The molecule has 2 N–H and O–H groups in total. The highest BCUT2D eigenvalue weighted by molar-refractivity contribution is 6.01. The number of rotatable bonds is 5. The van der Waals surface area contributed by atoms with Gasteiger partial charge in [-0.15, -0.1) is 0 Å². The lowest BCUT2D eigenvalue weighted by Gasteiger charge is -2.15. The number of ether oxygens (including phenoxy) is 1. The summed E-state index contributed by atoms with van der Waals surface area (Å²) >= 11 is 0. The van der Waals surface area contributed by atoms with E-state index in [2.05, 4.69) is 16.0 Å². The number of aromatic nitrogens is 1. The van der Waals surface area contributed by atoms with Gasteiger partial charge in [-0.2, -0.15) is 0 Å². The molecule has 156 valence electrons. The maximum Gasteiger partial charge on any atom is 0.279 e. The van der Waals surface area contributed by atoms with Crippen LogP contribution in [0.4, 0.5) is 4.39 Å². The minimum atomic E-state index is -0.906. The molecule has 2 amide bonds. The quantitative estimate of drug-likeness (QED) is 0.479. The lowest BCUT2D eigenvalue weighted by atomic mass is 10.1. The minimum absolute atomic E-state index is 0.320. The van der Waals surface area contributed by atoms with Crippen LogP contribution in [0.15, 0.2) is 77.3 Å². The molecule has 0 aliphatic heterocycles. The van der Waals surface area contributed by atoms with E-state index in [1.54, 1.807) is 18.2 Å². The fourth-order valence-corrected chi connectivity index (χ4v) is 2.94. The number of nitrogens with one attached hydrogen (secondary N) is 2. The fraction of sp³-hybridized carbons (Fsp3) is 0.0870. The second-order valence-electron chi connectivity index (χ2n) is 6.77. The largest absolute Gasteiger partial charge is 0.481 e. The molecule has 31 heavy (non-hydrogen) atoms. The van der Waals surface area contributed by atoms with Crippen molar-refractivity contribution in [2.24, 2.45) is 0 Å². The van der Waals surface area contributed by atoms with E-state index in [-0.39, 0.29) is 0 Å². The van der Waals surface area contributed by atoms with E-state index in [1.807, 2.05) is 30.3 Å². The molecule has 1 aromatic heterocycles. The average Bonchev–Trinajstić information content (AvgIpc) is 3.22. The molecule has 1 atom stereocenters. The first-order chi connectivity index (χ1) is 15.0. The van der Waals surface area contributed by atoms with Gasteiger partial charge in [0.05, 0.1) is 5.39 Å². The van der Waals surface area contributed by atoms with Gasteiger partial charge in [-0.05, 0) is 49.4 Å². The Morgan fingerprint density at radius 1 is 1.00 bits per heavy atom. The smallest absolute Gasteiger partial charge is 0.279 e. The zero-order valence-electron chi connectivity index (χ0n) is 16.5. The fourth-order valence-electron chi connectivity index (χ4n) is 2.94. The van der Waals surface area contributed by atoms with Crippen molar-refractivity contribution in [3.63, 3.8) is 0 Å². The summed E-state index contributed by atoms with van der Waals surface area (Å²) in [5, 5.41) is 4.70. The van der Waals surface area contributed by atoms with Crippen LogP contribution in [0.25, 0.3) is 22.2 Å². The zero-order valence-corrected chi connectivity index (χ0v) is 16.5. The number of carbonyl (C=O) groups excluding carboxylic acids is 2. The molecule has 0 fully saturated rings. The van der Waals surface area contributed by atoms with E-state index in [4.69, 9.17) is 9.26 Å². The summed E-state index contributed by atoms with van der Waals surface area (Å²) in [7, 11) is 0. The molecule has 0 saturated carbocycles. The third-order valence-electron chi connectivity index (χ3n) is 4.57. The first kappa shape index (κ1) is 20.1. The molecule has 1 heterocycles. The Kier molecular flexibility index (Phi) is 5.61.